The van der Waals surface area contributed by atoms with Crippen molar-refractivity contribution in [2.45, 2.75) is 88.9 Å². The molecule has 1 saturated carbocycles. The second-order valence-corrected chi connectivity index (χ2v) is 12.4. The molecule has 1 spiro atoms. The number of unbranched alkanes of at least 4 members (excludes halogenated alkanes) is 1. The molecular weight excluding hydrogens is 598 g/mol. The number of carboxylic acids is 1. The minimum absolute atomic E-state index is 0. The van der Waals surface area contributed by atoms with E-state index in [1.165, 1.54) is 19.2 Å². The molecule has 0 aromatic heterocycles. The minimum Gasteiger partial charge on any atom is -0.493 e. The maximum atomic E-state index is 13.8. The molecule has 246 valence electrons. The molecule has 45 heavy (non-hydrogen) atoms. The molecule has 2 aliphatic heterocycles. The van der Waals surface area contributed by atoms with Gasteiger partial charge in [-0.05, 0) is 73.9 Å². The van der Waals surface area contributed by atoms with E-state index < -0.39 is 23.7 Å². The van der Waals surface area contributed by atoms with Crippen molar-refractivity contribution < 1.29 is 34.1 Å². The summed E-state index contributed by atoms with van der Waals surface area (Å²) in [7, 11) is 1.47. The number of hydrogen-bond acceptors (Lipinski definition) is 7. The summed E-state index contributed by atoms with van der Waals surface area (Å²) in [5, 5.41) is 23.4. The number of piperazine rings is 1. The van der Waals surface area contributed by atoms with Crippen LogP contribution in [0.2, 0.25) is 0 Å². The van der Waals surface area contributed by atoms with E-state index in [9.17, 15) is 24.6 Å². The lowest BCUT2D eigenvalue weighted by atomic mass is 9.78. The zero-order valence-electron chi connectivity index (χ0n) is 26.2. The topological polar surface area (TPSA) is 129 Å². The second kappa shape index (κ2) is 15.3. The molecule has 2 atom stereocenters. The summed E-state index contributed by atoms with van der Waals surface area (Å²) in [6.45, 7) is 4.65. The van der Waals surface area contributed by atoms with Gasteiger partial charge in [-0.25, -0.2) is 4.79 Å². The first-order chi connectivity index (χ1) is 21.3. The number of likely N-dealkylation sites (tertiary alicyclic amines) is 1. The number of methoxy groups -OCH3 is 1. The number of ether oxygens (including phenoxy) is 2. The summed E-state index contributed by atoms with van der Waals surface area (Å²) in [5.74, 6) is 0.123. The number of aromatic carboxylic acids is 1. The van der Waals surface area contributed by atoms with Crippen LogP contribution in [0.5, 0.6) is 17.2 Å². The number of carboxylic acid groups (broad SMARTS) is 1. The summed E-state index contributed by atoms with van der Waals surface area (Å²) in [6.07, 6.45) is 7.07. The third kappa shape index (κ3) is 7.56. The molecule has 0 unspecified atom stereocenters. The molecule has 3 aliphatic rings. The van der Waals surface area contributed by atoms with Crippen LogP contribution in [0.1, 0.15) is 80.6 Å². The van der Waals surface area contributed by atoms with Crippen molar-refractivity contribution in [3.8, 4) is 17.2 Å². The Kier molecular flexibility index (Phi) is 11.7. The molecule has 2 saturated heterocycles. The highest BCUT2D eigenvalue weighted by molar-refractivity contribution is 6.00. The predicted molar refractivity (Wildman–Crippen MR) is 172 cm³/mol. The van der Waals surface area contributed by atoms with Crippen molar-refractivity contribution in [3.05, 3.63) is 53.6 Å². The highest BCUT2D eigenvalue weighted by Gasteiger charge is 2.55. The number of halogens is 1. The lowest BCUT2D eigenvalue weighted by molar-refractivity contribution is -0.166. The van der Waals surface area contributed by atoms with Crippen molar-refractivity contribution in [2.75, 3.05) is 26.7 Å². The van der Waals surface area contributed by atoms with Crippen LogP contribution >= 0.6 is 12.4 Å². The highest BCUT2D eigenvalue weighted by atomic mass is 35.5. The Morgan fingerprint density at radius 3 is 2.36 bits per heavy atom. The molecule has 3 fully saturated rings. The summed E-state index contributed by atoms with van der Waals surface area (Å²) in [6, 6.07) is 11.3. The molecule has 5 rings (SSSR count). The second-order valence-electron chi connectivity index (χ2n) is 12.4. The van der Waals surface area contributed by atoms with E-state index in [0.717, 1.165) is 50.5 Å². The molecule has 2 aromatic carbocycles. The van der Waals surface area contributed by atoms with E-state index in [-0.39, 0.29) is 35.7 Å². The van der Waals surface area contributed by atoms with Gasteiger partial charge in [0.25, 0.3) is 0 Å². The lowest BCUT2D eigenvalue weighted by Crippen LogP contribution is -2.75. The van der Waals surface area contributed by atoms with Gasteiger partial charge in [0.05, 0.1) is 18.8 Å². The van der Waals surface area contributed by atoms with Gasteiger partial charge in [-0.3, -0.25) is 14.5 Å². The Hall–Kier alpha value is -3.34. The van der Waals surface area contributed by atoms with Gasteiger partial charge in [-0.2, -0.15) is 0 Å². The molecule has 0 radical (unpaired) electrons. The maximum absolute atomic E-state index is 13.8. The van der Waals surface area contributed by atoms with Crippen LogP contribution in [0.3, 0.4) is 0 Å². The number of aliphatic hydroxyl groups is 1. The fourth-order valence-corrected chi connectivity index (χ4v) is 6.97. The van der Waals surface area contributed by atoms with Crippen molar-refractivity contribution in [1.29, 1.82) is 0 Å². The molecule has 3 N–H and O–H groups in total. The largest absolute Gasteiger partial charge is 0.493 e. The standard InChI is InChI=1S/C34H45N3O7.ClH/c1-3-4-18-37-31(39)29(30(38)24-8-6-5-7-9-24)35-33(42)34(37)16-19-36(20-17-34)22-23-10-13-26(14-11-23)44-27-15-12-25(32(40)41)21-28(27)43-2;/h10-15,21,24,29-30,38H,3-9,16-20,22H2,1-2H3,(H,35,42)(H,40,41);1H/t29-,30-;/m1./s1. The van der Waals surface area contributed by atoms with Gasteiger partial charge in [0.2, 0.25) is 11.8 Å². The monoisotopic (exact) mass is 643 g/mol. The average Bonchev–Trinajstić information content (AvgIpc) is 3.05. The highest BCUT2D eigenvalue weighted by Crippen LogP contribution is 2.37. The molecule has 1 aliphatic carbocycles. The number of nitrogens with zero attached hydrogens (tertiary/aromatic N) is 2. The number of carbonyl (C=O) groups is 3. The van der Waals surface area contributed by atoms with Crippen molar-refractivity contribution in [1.82, 2.24) is 15.1 Å². The number of hydrogen-bond donors (Lipinski definition) is 3. The van der Waals surface area contributed by atoms with Gasteiger partial charge >= 0.3 is 5.97 Å². The Morgan fingerprint density at radius 1 is 1.04 bits per heavy atom. The van der Waals surface area contributed by atoms with Gasteiger partial charge in [0, 0.05) is 26.2 Å². The van der Waals surface area contributed by atoms with Crippen LogP contribution in [-0.2, 0) is 16.1 Å². The first-order valence-electron chi connectivity index (χ1n) is 16.0. The lowest BCUT2D eigenvalue weighted by Gasteiger charge is -2.52. The Bertz CT molecular complexity index is 1320. The van der Waals surface area contributed by atoms with Gasteiger partial charge in [0.15, 0.2) is 11.5 Å². The van der Waals surface area contributed by atoms with Gasteiger partial charge in [0.1, 0.15) is 17.3 Å². The van der Waals surface area contributed by atoms with Gasteiger partial charge < -0.3 is 29.9 Å². The summed E-state index contributed by atoms with van der Waals surface area (Å²) >= 11 is 0. The molecule has 2 amide bonds. The van der Waals surface area contributed by atoms with E-state index in [2.05, 4.69) is 17.1 Å². The number of nitrogens with one attached hydrogen (secondary N) is 1. The third-order valence-electron chi connectivity index (χ3n) is 9.62. The Morgan fingerprint density at radius 2 is 1.73 bits per heavy atom. The molecule has 2 heterocycles. The molecule has 11 heteroatoms. The number of aliphatic hydroxyl groups excluding tert-OH is 1. The number of amides is 2. The maximum Gasteiger partial charge on any atom is 0.335 e. The fraction of sp³-hybridized carbons (Fsp3) is 0.559. The average molecular weight is 644 g/mol. The summed E-state index contributed by atoms with van der Waals surface area (Å²) in [5.41, 5.74) is 0.329. The van der Waals surface area contributed by atoms with Crippen LogP contribution in [-0.4, -0.2) is 82.2 Å². The summed E-state index contributed by atoms with van der Waals surface area (Å²) in [4.78, 5) is 43.0. The minimum atomic E-state index is -1.04. The van der Waals surface area contributed by atoms with Crippen LogP contribution in [0.25, 0.3) is 0 Å². The number of piperidine rings is 1. The first-order valence-corrected chi connectivity index (χ1v) is 16.0. The van der Waals surface area contributed by atoms with Gasteiger partial charge in [-0.15, -0.1) is 12.4 Å². The number of rotatable bonds is 11. The number of benzene rings is 2. The molecular formula is C34H46ClN3O7. The van der Waals surface area contributed by atoms with E-state index in [1.807, 2.05) is 29.2 Å². The zero-order chi connectivity index (χ0) is 31.3. The van der Waals surface area contributed by atoms with Crippen LogP contribution < -0.4 is 14.8 Å². The smallest absolute Gasteiger partial charge is 0.335 e. The van der Waals surface area contributed by atoms with Crippen LogP contribution in [0.15, 0.2) is 42.5 Å². The van der Waals surface area contributed by atoms with E-state index >= 15 is 0 Å². The number of carbonyl (C=O) groups excluding carboxylic acids is 2. The first kappa shape index (κ1) is 34.5. The van der Waals surface area contributed by atoms with Crippen molar-refractivity contribution in [2.24, 2.45) is 5.92 Å². The molecule has 2 aromatic rings. The molecule has 10 nitrogen and oxygen atoms in total. The third-order valence-corrected chi connectivity index (χ3v) is 9.62. The SMILES string of the molecule is CCCCN1C(=O)[C@@H]([C@H](O)C2CCCCC2)NC(=O)C12CCN(Cc1ccc(Oc3ccc(C(=O)O)cc3OC)cc1)CC2.Cl. The van der Waals surface area contributed by atoms with E-state index in [1.54, 1.807) is 6.07 Å². The van der Waals surface area contributed by atoms with Gasteiger partial charge in [-0.1, -0.05) is 44.7 Å². The van der Waals surface area contributed by atoms with E-state index in [0.29, 0.717) is 56.3 Å². The summed E-state index contributed by atoms with van der Waals surface area (Å²) < 4.78 is 11.3. The van der Waals surface area contributed by atoms with Crippen LogP contribution in [0.4, 0.5) is 0 Å². The fourth-order valence-electron chi connectivity index (χ4n) is 6.97. The van der Waals surface area contributed by atoms with Crippen molar-refractivity contribution >= 4 is 30.2 Å². The molecule has 0 bridgehead atoms. The predicted octanol–water partition coefficient (Wildman–Crippen LogP) is 5.01. The van der Waals surface area contributed by atoms with E-state index in [4.69, 9.17) is 9.47 Å². The van der Waals surface area contributed by atoms with Crippen molar-refractivity contribution in [3.63, 3.8) is 0 Å². The zero-order valence-corrected chi connectivity index (χ0v) is 27.0. The van der Waals surface area contributed by atoms with Crippen LogP contribution in [0, 0.1) is 5.92 Å². The quantitative estimate of drug-likeness (QED) is 0.312. The Balaban J connectivity index is 0.00000461. The normalized spacial score (nSPS) is 21.1. The Labute approximate surface area is 271 Å².